The smallest absolute Gasteiger partial charge is 0.305 e. The molecular weight excluding hydrogens is 270 g/mol. The lowest BCUT2D eigenvalue weighted by molar-refractivity contribution is -0.138. The van der Waals surface area contributed by atoms with E-state index in [0.29, 0.717) is 11.3 Å². The van der Waals surface area contributed by atoms with E-state index in [-0.39, 0.29) is 12.5 Å². The van der Waals surface area contributed by atoms with Gasteiger partial charge in [0.25, 0.3) is 0 Å². The van der Waals surface area contributed by atoms with Gasteiger partial charge in [0.05, 0.1) is 19.6 Å². The molecule has 0 bridgehead atoms. The molecule has 0 aliphatic carbocycles. The number of carboxylic acids is 1. The number of nitrogens with one attached hydrogen (secondary N) is 1. The maximum absolute atomic E-state index is 11.0. The largest absolute Gasteiger partial charge is 0.496 e. The first kappa shape index (κ1) is 17.5. The zero-order valence-electron chi connectivity index (χ0n) is 13.3. The minimum Gasteiger partial charge on any atom is -0.496 e. The van der Waals surface area contributed by atoms with Gasteiger partial charge in [-0.2, -0.15) is 0 Å². The Morgan fingerprint density at radius 2 is 1.95 bits per heavy atom. The van der Waals surface area contributed by atoms with Crippen molar-refractivity contribution in [3.8, 4) is 5.75 Å². The van der Waals surface area contributed by atoms with Crippen LogP contribution >= 0.6 is 0 Å². The second-order valence-electron chi connectivity index (χ2n) is 5.67. The summed E-state index contributed by atoms with van der Waals surface area (Å²) in [5.74, 6) is -0.343. The van der Waals surface area contributed by atoms with Gasteiger partial charge in [-0.05, 0) is 25.5 Å². The number of hydrogen-bond acceptors (Lipinski definition) is 4. The van der Waals surface area contributed by atoms with Crippen LogP contribution in [-0.2, 0) is 4.79 Å². The van der Waals surface area contributed by atoms with Gasteiger partial charge in [0.2, 0.25) is 0 Å². The van der Waals surface area contributed by atoms with E-state index in [9.17, 15) is 9.90 Å². The Kier molecular flexibility index (Phi) is 6.18. The molecule has 0 aromatic heterocycles. The van der Waals surface area contributed by atoms with E-state index in [1.54, 1.807) is 7.11 Å². The molecule has 3 N–H and O–H groups in total. The molecule has 0 radical (unpaired) electrons. The summed E-state index contributed by atoms with van der Waals surface area (Å²) < 4.78 is 5.38. The third kappa shape index (κ3) is 4.72. The Morgan fingerprint density at radius 1 is 1.33 bits per heavy atom. The van der Waals surface area contributed by atoms with E-state index < -0.39 is 18.1 Å². The second-order valence-corrected chi connectivity index (χ2v) is 5.67. The normalized spacial score (nSPS) is 14.0. The molecule has 0 aliphatic rings. The lowest BCUT2D eigenvalue weighted by Gasteiger charge is -2.27. The van der Waals surface area contributed by atoms with Crippen molar-refractivity contribution >= 4 is 5.97 Å². The highest BCUT2D eigenvalue weighted by Crippen LogP contribution is 2.32. The van der Waals surface area contributed by atoms with Crippen LogP contribution in [0.2, 0.25) is 0 Å². The van der Waals surface area contributed by atoms with E-state index in [4.69, 9.17) is 9.84 Å². The molecule has 0 amide bonds. The number of carbonyl (C=O) groups is 1. The molecule has 5 heteroatoms. The Bertz CT molecular complexity index is 499. The number of methoxy groups -OCH3 is 1. The summed E-state index contributed by atoms with van der Waals surface area (Å²) in [7, 11) is 1.55. The lowest BCUT2D eigenvalue weighted by atomic mass is 9.94. The number of rotatable bonds is 7. The number of ether oxygens (including phenoxy) is 1. The number of benzene rings is 1. The zero-order valence-corrected chi connectivity index (χ0v) is 13.3. The van der Waals surface area contributed by atoms with Crippen LogP contribution in [0.5, 0.6) is 5.75 Å². The summed E-state index contributed by atoms with van der Waals surface area (Å²) in [6.07, 6.45) is -1.10. The van der Waals surface area contributed by atoms with Crippen LogP contribution in [0.1, 0.15) is 43.1 Å². The van der Waals surface area contributed by atoms with Crippen LogP contribution in [0.15, 0.2) is 12.1 Å². The molecule has 0 spiro atoms. The predicted molar refractivity (Wildman–Crippen MR) is 81.7 cm³/mol. The molecule has 0 aliphatic heterocycles. The average Bonchev–Trinajstić information content (AvgIpc) is 2.35. The Hall–Kier alpha value is -1.59. The first-order valence-corrected chi connectivity index (χ1v) is 7.07. The van der Waals surface area contributed by atoms with Crippen molar-refractivity contribution in [3.05, 3.63) is 28.8 Å². The van der Waals surface area contributed by atoms with Crippen LogP contribution in [0, 0.1) is 13.8 Å². The molecule has 118 valence electrons. The Labute approximate surface area is 125 Å². The molecule has 2 unspecified atom stereocenters. The number of aliphatic hydroxyl groups is 1. The highest BCUT2D eigenvalue weighted by atomic mass is 16.5. The zero-order chi connectivity index (χ0) is 16.2. The molecule has 0 heterocycles. The van der Waals surface area contributed by atoms with Crippen molar-refractivity contribution in [2.24, 2.45) is 0 Å². The molecular formula is C16H25NO4. The van der Waals surface area contributed by atoms with Gasteiger partial charge in [-0.1, -0.05) is 25.5 Å². The van der Waals surface area contributed by atoms with Crippen LogP contribution in [0.4, 0.5) is 0 Å². The standard InChI is InChI=1S/C16H25NO4/c1-9(2)17-13(8-14(18)19)15(20)12-7-10(3)6-11(4)16(12)21-5/h6-7,9,13,15,17,20H,8H2,1-5H3,(H,18,19). The van der Waals surface area contributed by atoms with Crippen LogP contribution < -0.4 is 10.1 Å². The van der Waals surface area contributed by atoms with Crippen molar-refractivity contribution in [2.45, 2.75) is 52.3 Å². The van der Waals surface area contributed by atoms with Gasteiger partial charge in [0.1, 0.15) is 5.75 Å². The second kappa shape index (κ2) is 7.43. The van der Waals surface area contributed by atoms with Gasteiger partial charge < -0.3 is 20.3 Å². The number of aryl methyl sites for hydroxylation is 2. The van der Waals surface area contributed by atoms with Crippen LogP contribution in [-0.4, -0.2) is 35.4 Å². The fraction of sp³-hybridized carbons (Fsp3) is 0.562. The highest BCUT2D eigenvalue weighted by molar-refractivity contribution is 5.67. The third-order valence-corrected chi connectivity index (χ3v) is 3.29. The molecule has 1 rings (SSSR count). The third-order valence-electron chi connectivity index (χ3n) is 3.29. The monoisotopic (exact) mass is 295 g/mol. The fourth-order valence-corrected chi connectivity index (χ4v) is 2.58. The minimum absolute atomic E-state index is 0.0703. The minimum atomic E-state index is -0.949. The van der Waals surface area contributed by atoms with Crippen molar-refractivity contribution in [1.29, 1.82) is 0 Å². The quantitative estimate of drug-likeness (QED) is 0.718. The van der Waals surface area contributed by atoms with E-state index in [2.05, 4.69) is 5.32 Å². The fourth-order valence-electron chi connectivity index (χ4n) is 2.58. The summed E-state index contributed by atoms with van der Waals surface area (Å²) in [4.78, 5) is 11.0. The summed E-state index contributed by atoms with van der Waals surface area (Å²) >= 11 is 0. The Balaban J connectivity index is 3.18. The number of aliphatic carboxylic acids is 1. The van der Waals surface area contributed by atoms with Gasteiger partial charge >= 0.3 is 5.97 Å². The highest BCUT2D eigenvalue weighted by Gasteiger charge is 2.27. The molecule has 2 atom stereocenters. The van der Waals surface area contributed by atoms with Crippen LogP contribution in [0.3, 0.4) is 0 Å². The predicted octanol–water partition coefficient (Wildman–Crippen LogP) is 2.19. The van der Waals surface area contributed by atoms with E-state index in [1.165, 1.54) is 0 Å². The molecule has 0 fully saturated rings. The number of hydrogen-bond donors (Lipinski definition) is 3. The summed E-state index contributed by atoms with van der Waals surface area (Å²) in [5.41, 5.74) is 2.54. The SMILES string of the molecule is COc1c(C)cc(C)cc1C(O)C(CC(=O)O)NC(C)C. The molecule has 1 aromatic rings. The lowest BCUT2D eigenvalue weighted by Crippen LogP contribution is -2.41. The van der Waals surface area contributed by atoms with Crippen molar-refractivity contribution < 1.29 is 19.7 Å². The van der Waals surface area contributed by atoms with Gasteiger partial charge in [-0.25, -0.2) is 0 Å². The van der Waals surface area contributed by atoms with E-state index in [1.807, 2.05) is 39.8 Å². The topological polar surface area (TPSA) is 78.8 Å². The molecule has 0 saturated carbocycles. The van der Waals surface area contributed by atoms with Gasteiger partial charge in [0, 0.05) is 17.6 Å². The summed E-state index contributed by atoms with van der Waals surface area (Å²) in [5, 5.41) is 22.8. The van der Waals surface area contributed by atoms with Gasteiger partial charge in [-0.3, -0.25) is 4.79 Å². The summed E-state index contributed by atoms with van der Waals surface area (Å²) in [6.45, 7) is 7.68. The molecule has 21 heavy (non-hydrogen) atoms. The van der Waals surface area contributed by atoms with Gasteiger partial charge in [0.15, 0.2) is 0 Å². The molecule has 1 aromatic carbocycles. The first-order valence-electron chi connectivity index (χ1n) is 7.07. The number of carboxylic acid groups (broad SMARTS) is 1. The summed E-state index contributed by atoms with van der Waals surface area (Å²) in [6, 6.07) is 3.31. The van der Waals surface area contributed by atoms with Crippen molar-refractivity contribution in [3.63, 3.8) is 0 Å². The van der Waals surface area contributed by atoms with E-state index >= 15 is 0 Å². The van der Waals surface area contributed by atoms with Crippen LogP contribution in [0.25, 0.3) is 0 Å². The maximum Gasteiger partial charge on any atom is 0.305 e. The molecule has 5 nitrogen and oxygen atoms in total. The number of aliphatic hydroxyl groups excluding tert-OH is 1. The Morgan fingerprint density at radius 3 is 2.43 bits per heavy atom. The molecule has 0 saturated heterocycles. The van der Waals surface area contributed by atoms with Crippen molar-refractivity contribution in [2.75, 3.05) is 7.11 Å². The average molecular weight is 295 g/mol. The maximum atomic E-state index is 11.0. The van der Waals surface area contributed by atoms with Gasteiger partial charge in [-0.15, -0.1) is 0 Å². The first-order chi connectivity index (χ1) is 9.76. The van der Waals surface area contributed by atoms with Crippen molar-refractivity contribution in [1.82, 2.24) is 5.32 Å². The van der Waals surface area contributed by atoms with E-state index in [0.717, 1.165) is 11.1 Å².